The van der Waals surface area contributed by atoms with Crippen molar-refractivity contribution >= 4 is 33.8 Å². The zero-order valence-electron chi connectivity index (χ0n) is 15.8. The van der Waals surface area contributed by atoms with Crippen LogP contribution in [0.3, 0.4) is 0 Å². The van der Waals surface area contributed by atoms with Crippen LogP contribution in [0.25, 0.3) is 0 Å². The average molecular weight is 459 g/mol. The number of halogens is 1. The summed E-state index contributed by atoms with van der Waals surface area (Å²) in [7, 11) is 0. The first kappa shape index (κ1) is 22.3. The lowest BCUT2D eigenvalue weighted by molar-refractivity contribution is -0.249. The van der Waals surface area contributed by atoms with Crippen LogP contribution in [0.2, 0.25) is 0 Å². The maximum atomic E-state index is 11.7. The monoisotopic (exact) mass is 458 g/mol. The van der Waals surface area contributed by atoms with Gasteiger partial charge >= 0.3 is 17.9 Å². The number of aliphatic hydroxyl groups excluding tert-OH is 1. The molecule has 0 amide bonds. The van der Waals surface area contributed by atoms with Gasteiger partial charge in [0.1, 0.15) is 24.9 Å². The van der Waals surface area contributed by atoms with Crippen LogP contribution in [0.1, 0.15) is 38.0 Å². The van der Waals surface area contributed by atoms with Gasteiger partial charge in [0.15, 0.2) is 12.2 Å². The van der Waals surface area contributed by atoms with Gasteiger partial charge in [-0.1, -0.05) is 40.2 Å². The van der Waals surface area contributed by atoms with E-state index >= 15 is 0 Å². The summed E-state index contributed by atoms with van der Waals surface area (Å²) in [6.45, 7) is 3.40. The standard InChI is InChI=1S/C19H23BrO8/c1-10(21)25-9-15-16(24)18(26-11(2)22)19(27-12(3)23)17(28-15)14-6-4-5-13(7-14)8-20/h4-7,15-19,24H,8-9H2,1-3H3/t15?,16-,17?,18?,19+/m1/s1. The van der Waals surface area contributed by atoms with Crippen molar-refractivity contribution in [3.63, 3.8) is 0 Å². The normalized spacial score (nSPS) is 27.0. The van der Waals surface area contributed by atoms with Crippen LogP contribution >= 0.6 is 15.9 Å². The maximum Gasteiger partial charge on any atom is 0.303 e. The molecule has 1 aliphatic heterocycles. The van der Waals surface area contributed by atoms with Crippen LogP contribution in [-0.4, -0.2) is 54.0 Å². The van der Waals surface area contributed by atoms with E-state index < -0.39 is 48.4 Å². The summed E-state index contributed by atoms with van der Waals surface area (Å²) in [6, 6.07) is 7.34. The van der Waals surface area contributed by atoms with Crippen molar-refractivity contribution < 1.29 is 38.4 Å². The highest BCUT2D eigenvalue weighted by Gasteiger charge is 2.50. The summed E-state index contributed by atoms with van der Waals surface area (Å²) in [4.78, 5) is 34.4. The van der Waals surface area contributed by atoms with Crippen molar-refractivity contribution in [2.45, 2.75) is 56.6 Å². The van der Waals surface area contributed by atoms with Gasteiger partial charge in [0.25, 0.3) is 0 Å². The molecule has 0 aliphatic carbocycles. The van der Waals surface area contributed by atoms with E-state index in [2.05, 4.69) is 15.9 Å². The molecule has 0 spiro atoms. The first-order chi connectivity index (χ1) is 13.2. The van der Waals surface area contributed by atoms with Crippen LogP contribution in [0.15, 0.2) is 24.3 Å². The molecule has 154 valence electrons. The molecule has 5 atom stereocenters. The molecule has 9 heteroatoms. The molecule has 28 heavy (non-hydrogen) atoms. The molecule has 0 bridgehead atoms. The number of ether oxygens (including phenoxy) is 4. The Hall–Kier alpha value is -1.97. The minimum absolute atomic E-state index is 0.240. The minimum Gasteiger partial charge on any atom is -0.463 e. The fourth-order valence-corrected chi connectivity index (χ4v) is 3.38. The Kier molecular flexibility index (Phi) is 7.97. The fourth-order valence-electron chi connectivity index (χ4n) is 3.03. The van der Waals surface area contributed by atoms with Gasteiger partial charge in [0.2, 0.25) is 0 Å². The lowest BCUT2D eigenvalue weighted by atomic mass is 9.90. The van der Waals surface area contributed by atoms with E-state index in [0.29, 0.717) is 10.9 Å². The molecule has 2 rings (SSSR count). The Morgan fingerprint density at radius 1 is 1.07 bits per heavy atom. The molecular weight excluding hydrogens is 436 g/mol. The van der Waals surface area contributed by atoms with E-state index in [1.165, 1.54) is 20.8 Å². The zero-order valence-corrected chi connectivity index (χ0v) is 17.4. The topological polar surface area (TPSA) is 108 Å². The third kappa shape index (κ3) is 5.76. The summed E-state index contributed by atoms with van der Waals surface area (Å²) in [6.07, 6.45) is -5.43. The van der Waals surface area contributed by atoms with Crippen LogP contribution in [-0.2, 0) is 38.7 Å². The van der Waals surface area contributed by atoms with E-state index in [1.54, 1.807) is 6.07 Å². The number of hydrogen-bond acceptors (Lipinski definition) is 8. The molecule has 1 aliphatic rings. The van der Waals surface area contributed by atoms with E-state index in [0.717, 1.165) is 5.56 Å². The van der Waals surface area contributed by atoms with Crippen LogP contribution in [0.4, 0.5) is 0 Å². The highest BCUT2D eigenvalue weighted by molar-refractivity contribution is 9.08. The molecule has 0 saturated carbocycles. The Bertz CT molecular complexity index is 722. The molecule has 1 aromatic carbocycles. The summed E-state index contributed by atoms with van der Waals surface area (Å²) in [5.41, 5.74) is 1.62. The zero-order chi connectivity index (χ0) is 20.8. The largest absolute Gasteiger partial charge is 0.463 e. The van der Waals surface area contributed by atoms with E-state index in [-0.39, 0.29) is 6.61 Å². The van der Waals surface area contributed by atoms with Crippen molar-refractivity contribution in [1.82, 2.24) is 0 Å². The molecule has 1 fully saturated rings. The number of benzene rings is 1. The quantitative estimate of drug-likeness (QED) is 0.390. The number of esters is 3. The minimum atomic E-state index is -1.36. The van der Waals surface area contributed by atoms with Gasteiger partial charge in [-0.25, -0.2) is 0 Å². The molecular formula is C19H23BrO8. The van der Waals surface area contributed by atoms with Crippen molar-refractivity contribution in [3.05, 3.63) is 35.4 Å². The van der Waals surface area contributed by atoms with E-state index in [1.807, 2.05) is 18.2 Å². The Labute approximate surface area is 171 Å². The summed E-state index contributed by atoms with van der Waals surface area (Å²) in [5.74, 6) is -1.81. The highest BCUT2D eigenvalue weighted by atomic mass is 79.9. The van der Waals surface area contributed by atoms with Crippen LogP contribution in [0.5, 0.6) is 0 Å². The molecule has 3 unspecified atom stereocenters. The van der Waals surface area contributed by atoms with E-state index in [9.17, 15) is 19.5 Å². The molecule has 0 radical (unpaired) electrons. The van der Waals surface area contributed by atoms with E-state index in [4.69, 9.17) is 18.9 Å². The van der Waals surface area contributed by atoms with Crippen molar-refractivity contribution in [3.8, 4) is 0 Å². The fraction of sp³-hybridized carbons (Fsp3) is 0.526. The van der Waals surface area contributed by atoms with Crippen molar-refractivity contribution in [1.29, 1.82) is 0 Å². The molecule has 8 nitrogen and oxygen atoms in total. The van der Waals surface area contributed by atoms with Gasteiger partial charge < -0.3 is 24.1 Å². The lowest BCUT2D eigenvalue weighted by Crippen LogP contribution is -2.58. The second kappa shape index (κ2) is 9.99. The lowest BCUT2D eigenvalue weighted by Gasteiger charge is -2.43. The second-order valence-corrected chi connectivity index (χ2v) is 6.98. The van der Waals surface area contributed by atoms with Crippen LogP contribution in [0, 0.1) is 0 Å². The van der Waals surface area contributed by atoms with Crippen molar-refractivity contribution in [2.24, 2.45) is 0 Å². The number of alkyl halides is 1. The Balaban J connectivity index is 2.43. The highest BCUT2D eigenvalue weighted by Crippen LogP contribution is 2.36. The van der Waals surface area contributed by atoms with Gasteiger partial charge in [-0.05, 0) is 11.1 Å². The maximum absolute atomic E-state index is 11.7. The van der Waals surface area contributed by atoms with Crippen LogP contribution < -0.4 is 0 Å². The molecule has 0 aromatic heterocycles. The molecule has 1 N–H and O–H groups in total. The number of carbonyl (C=O) groups is 3. The summed E-state index contributed by atoms with van der Waals surface area (Å²) < 4.78 is 21.6. The average Bonchev–Trinajstić information content (AvgIpc) is 2.63. The molecule has 1 saturated heterocycles. The predicted molar refractivity (Wildman–Crippen MR) is 100 cm³/mol. The van der Waals surface area contributed by atoms with Gasteiger partial charge in [-0.15, -0.1) is 0 Å². The van der Waals surface area contributed by atoms with Gasteiger partial charge in [-0.2, -0.15) is 0 Å². The first-order valence-corrected chi connectivity index (χ1v) is 9.81. The third-order valence-electron chi connectivity index (χ3n) is 4.15. The number of hydrogen-bond donors (Lipinski definition) is 1. The Morgan fingerprint density at radius 2 is 1.71 bits per heavy atom. The summed E-state index contributed by atoms with van der Waals surface area (Å²) in [5, 5.41) is 11.2. The summed E-state index contributed by atoms with van der Waals surface area (Å²) >= 11 is 3.38. The number of rotatable bonds is 6. The first-order valence-electron chi connectivity index (χ1n) is 8.69. The SMILES string of the molecule is CC(=O)OCC1OC(c2cccc(CBr)c2)[C@H](OC(C)=O)C(OC(C)=O)[C@@H]1O. The third-order valence-corrected chi connectivity index (χ3v) is 4.80. The smallest absolute Gasteiger partial charge is 0.303 e. The number of aliphatic hydroxyl groups is 1. The second-order valence-electron chi connectivity index (χ2n) is 6.42. The van der Waals surface area contributed by atoms with Gasteiger partial charge in [0.05, 0.1) is 0 Å². The van der Waals surface area contributed by atoms with Gasteiger partial charge in [-0.3, -0.25) is 14.4 Å². The Morgan fingerprint density at radius 3 is 2.29 bits per heavy atom. The number of carbonyl (C=O) groups excluding carboxylic acids is 3. The molecule has 1 heterocycles. The predicted octanol–water partition coefficient (Wildman–Crippen LogP) is 1.81. The van der Waals surface area contributed by atoms with Crippen molar-refractivity contribution in [2.75, 3.05) is 6.61 Å². The molecule has 1 aromatic rings. The van der Waals surface area contributed by atoms with Gasteiger partial charge in [0, 0.05) is 26.1 Å².